The molecule has 1 aromatic rings. The summed E-state index contributed by atoms with van der Waals surface area (Å²) >= 11 is 0. The SMILES string of the molecule is CCOc1ccc(NC(=O)N/C=C(\C)C2CC2)cc1. The van der Waals surface area contributed by atoms with Gasteiger partial charge in [0.1, 0.15) is 5.75 Å². The van der Waals surface area contributed by atoms with Gasteiger partial charge < -0.3 is 15.4 Å². The van der Waals surface area contributed by atoms with Crippen LogP contribution < -0.4 is 15.4 Å². The Labute approximate surface area is 113 Å². The van der Waals surface area contributed by atoms with Crippen LogP contribution in [0.15, 0.2) is 36.0 Å². The molecule has 1 saturated carbocycles. The summed E-state index contributed by atoms with van der Waals surface area (Å²) in [5, 5.41) is 5.52. The lowest BCUT2D eigenvalue weighted by Gasteiger charge is -2.07. The third kappa shape index (κ3) is 4.32. The van der Waals surface area contributed by atoms with Gasteiger partial charge in [0.2, 0.25) is 0 Å². The predicted molar refractivity (Wildman–Crippen MR) is 76.2 cm³/mol. The number of allylic oxidation sites excluding steroid dienone is 1. The predicted octanol–water partition coefficient (Wildman–Crippen LogP) is 3.52. The minimum absolute atomic E-state index is 0.218. The molecule has 0 aliphatic heterocycles. The molecule has 1 fully saturated rings. The molecule has 2 rings (SSSR count). The number of ether oxygens (including phenoxy) is 1. The van der Waals surface area contributed by atoms with Crippen molar-refractivity contribution in [2.45, 2.75) is 26.7 Å². The largest absolute Gasteiger partial charge is 0.494 e. The highest BCUT2D eigenvalue weighted by Gasteiger charge is 2.22. The Kier molecular flexibility index (Phi) is 4.44. The van der Waals surface area contributed by atoms with E-state index in [1.165, 1.54) is 18.4 Å². The monoisotopic (exact) mass is 260 g/mol. The van der Waals surface area contributed by atoms with Gasteiger partial charge in [-0.25, -0.2) is 4.79 Å². The summed E-state index contributed by atoms with van der Waals surface area (Å²) in [6.45, 7) is 4.63. The zero-order valence-electron chi connectivity index (χ0n) is 11.4. The minimum atomic E-state index is -0.218. The molecule has 0 heterocycles. The third-order valence-electron chi connectivity index (χ3n) is 3.08. The van der Waals surface area contributed by atoms with E-state index in [1.807, 2.05) is 31.2 Å². The molecule has 2 amide bonds. The molecule has 0 unspecified atom stereocenters. The smallest absolute Gasteiger partial charge is 0.323 e. The molecule has 0 atom stereocenters. The Balaban J connectivity index is 1.82. The highest BCUT2D eigenvalue weighted by Crippen LogP contribution is 2.35. The molecule has 4 heteroatoms. The molecule has 2 N–H and O–H groups in total. The molecular weight excluding hydrogens is 240 g/mol. The van der Waals surface area contributed by atoms with Crippen molar-refractivity contribution in [1.82, 2.24) is 5.32 Å². The first-order chi connectivity index (χ1) is 9.19. The zero-order chi connectivity index (χ0) is 13.7. The van der Waals surface area contributed by atoms with Crippen molar-refractivity contribution in [3.8, 4) is 5.75 Å². The Bertz CT molecular complexity index is 462. The lowest BCUT2D eigenvalue weighted by atomic mass is 10.2. The Morgan fingerprint density at radius 1 is 1.37 bits per heavy atom. The molecule has 4 nitrogen and oxygen atoms in total. The van der Waals surface area contributed by atoms with Crippen molar-refractivity contribution < 1.29 is 9.53 Å². The van der Waals surface area contributed by atoms with Gasteiger partial charge >= 0.3 is 6.03 Å². The maximum Gasteiger partial charge on any atom is 0.323 e. The Hall–Kier alpha value is -1.97. The summed E-state index contributed by atoms with van der Waals surface area (Å²) in [5.41, 5.74) is 1.99. The van der Waals surface area contributed by atoms with Crippen LogP contribution in [0, 0.1) is 5.92 Å². The number of rotatable bonds is 5. The summed E-state index contributed by atoms with van der Waals surface area (Å²) in [5.74, 6) is 1.48. The van der Waals surface area contributed by atoms with Crippen LogP contribution in [-0.4, -0.2) is 12.6 Å². The van der Waals surface area contributed by atoms with Crippen LogP contribution in [-0.2, 0) is 0 Å². The van der Waals surface area contributed by atoms with Crippen LogP contribution in [0.25, 0.3) is 0 Å². The average Bonchev–Trinajstić information content (AvgIpc) is 3.23. The maximum absolute atomic E-state index is 11.7. The second-order valence-electron chi connectivity index (χ2n) is 4.72. The van der Waals surface area contributed by atoms with Gasteiger partial charge in [-0.05, 0) is 56.9 Å². The summed E-state index contributed by atoms with van der Waals surface area (Å²) in [6, 6.07) is 7.10. The number of amides is 2. The van der Waals surface area contributed by atoms with Gasteiger partial charge in [-0.2, -0.15) is 0 Å². The molecule has 0 aromatic heterocycles. The summed E-state index contributed by atoms with van der Waals surface area (Å²) in [4.78, 5) is 11.7. The molecule has 0 saturated heterocycles. The normalized spacial score (nSPS) is 14.9. The van der Waals surface area contributed by atoms with Crippen molar-refractivity contribution in [2.24, 2.45) is 5.92 Å². The third-order valence-corrected chi connectivity index (χ3v) is 3.08. The van der Waals surface area contributed by atoms with E-state index in [4.69, 9.17) is 4.74 Å². The number of hydrogen-bond acceptors (Lipinski definition) is 2. The van der Waals surface area contributed by atoms with E-state index < -0.39 is 0 Å². The molecule has 0 radical (unpaired) electrons. The highest BCUT2D eigenvalue weighted by atomic mass is 16.5. The number of urea groups is 1. The van der Waals surface area contributed by atoms with Crippen molar-refractivity contribution in [2.75, 3.05) is 11.9 Å². The summed E-state index contributed by atoms with van der Waals surface area (Å²) in [7, 11) is 0. The summed E-state index contributed by atoms with van der Waals surface area (Å²) < 4.78 is 5.34. The van der Waals surface area contributed by atoms with Crippen LogP contribution >= 0.6 is 0 Å². The van der Waals surface area contributed by atoms with Gasteiger partial charge in [0.25, 0.3) is 0 Å². The number of benzene rings is 1. The summed E-state index contributed by atoms with van der Waals surface area (Å²) in [6.07, 6.45) is 4.27. The van der Waals surface area contributed by atoms with Crippen LogP contribution in [0.5, 0.6) is 5.75 Å². The molecule has 19 heavy (non-hydrogen) atoms. The molecule has 1 aliphatic carbocycles. The van der Waals surface area contributed by atoms with Crippen LogP contribution in [0.2, 0.25) is 0 Å². The van der Waals surface area contributed by atoms with E-state index in [1.54, 1.807) is 6.20 Å². The first-order valence-corrected chi connectivity index (χ1v) is 6.66. The molecule has 1 aromatic carbocycles. The quantitative estimate of drug-likeness (QED) is 0.851. The average molecular weight is 260 g/mol. The molecule has 0 bridgehead atoms. The fraction of sp³-hybridized carbons (Fsp3) is 0.400. The molecule has 1 aliphatic rings. The zero-order valence-corrected chi connectivity index (χ0v) is 11.4. The van der Waals surface area contributed by atoms with Gasteiger partial charge in [0.05, 0.1) is 6.61 Å². The standard InChI is InChI=1S/C15H20N2O2/c1-3-19-14-8-6-13(7-9-14)17-15(18)16-10-11(2)12-4-5-12/h6-10,12H,3-5H2,1-2H3,(H2,16,17,18)/b11-10+. The number of carbonyl (C=O) groups excluding carboxylic acids is 1. The molecule has 0 spiro atoms. The Morgan fingerprint density at radius 2 is 2.05 bits per heavy atom. The van der Waals surface area contributed by atoms with Crippen LogP contribution in [0.4, 0.5) is 10.5 Å². The van der Waals surface area contributed by atoms with Crippen molar-refractivity contribution in [3.05, 3.63) is 36.0 Å². The van der Waals surface area contributed by atoms with Crippen molar-refractivity contribution in [3.63, 3.8) is 0 Å². The topological polar surface area (TPSA) is 50.4 Å². The van der Waals surface area contributed by atoms with Gasteiger partial charge in [-0.15, -0.1) is 0 Å². The lowest BCUT2D eigenvalue weighted by Crippen LogP contribution is -2.24. The fourth-order valence-corrected chi connectivity index (χ4v) is 1.80. The Morgan fingerprint density at radius 3 is 2.63 bits per heavy atom. The van der Waals surface area contributed by atoms with E-state index in [9.17, 15) is 4.79 Å². The number of hydrogen-bond donors (Lipinski definition) is 2. The lowest BCUT2D eigenvalue weighted by molar-refractivity contribution is 0.255. The van der Waals surface area contributed by atoms with Crippen LogP contribution in [0.1, 0.15) is 26.7 Å². The fourth-order valence-electron chi connectivity index (χ4n) is 1.80. The molecule has 102 valence electrons. The van der Waals surface area contributed by atoms with Gasteiger partial charge in [0, 0.05) is 11.9 Å². The second-order valence-corrected chi connectivity index (χ2v) is 4.72. The van der Waals surface area contributed by atoms with Crippen molar-refractivity contribution >= 4 is 11.7 Å². The second kappa shape index (κ2) is 6.27. The number of carbonyl (C=O) groups is 1. The maximum atomic E-state index is 11.7. The first-order valence-electron chi connectivity index (χ1n) is 6.66. The van der Waals surface area contributed by atoms with E-state index in [0.29, 0.717) is 12.5 Å². The highest BCUT2D eigenvalue weighted by molar-refractivity contribution is 5.89. The van der Waals surface area contributed by atoms with Crippen LogP contribution in [0.3, 0.4) is 0 Å². The van der Waals surface area contributed by atoms with Gasteiger partial charge in [-0.3, -0.25) is 0 Å². The van der Waals surface area contributed by atoms with Gasteiger partial charge in [0.15, 0.2) is 0 Å². The molecular formula is C15H20N2O2. The van der Waals surface area contributed by atoms with E-state index in [0.717, 1.165) is 11.4 Å². The van der Waals surface area contributed by atoms with Gasteiger partial charge in [-0.1, -0.05) is 5.57 Å². The number of anilines is 1. The number of nitrogens with one attached hydrogen (secondary N) is 2. The minimum Gasteiger partial charge on any atom is -0.494 e. The van der Waals surface area contributed by atoms with Crippen molar-refractivity contribution in [1.29, 1.82) is 0 Å². The van der Waals surface area contributed by atoms with E-state index in [-0.39, 0.29) is 6.03 Å². The first kappa shape index (κ1) is 13.5. The van der Waals surface area contributed by atoms with E-state index >= 15 is 0 Å². The van der Waals surface area contributed by atoms with E-state index in [2.05, 4.69) is 17.6 Å².